The van der Waals surface area contributed by atoms with E-state index in [0.717, 1.165) is 5.69 Å². The lowest BCUT2D eigenvalue weighted by atomic mass is 10.1. The predicted octanol–water partition coefficient (Wildman–Crippen LogP) is 2.06. The number of hydrazone groups is 1. The molecule has 7 heteroatoms. The fourth-order valence-corrected chi connectivity index (χ4v) is 1.99. The van der Waals surface area contributed by atoms with Gasteiger partial charge < -0.3 is 20.3 Å². The molecule has 0 atom stereocenters. The Hall–Kier alpha value is -3.22. The number of aromatic hydroxyl groups is 2. The maximum Gasteiger partial charge on any atom is 0.259 e. The van der Waals surface area contributed by atoms with Gasteiger partial charge in [-0.05, 0) is 31.2 Å². The van der Waals surface area contributed by atoms with E-state index < -0.39 is 0 Å². The minimum Gasteiger partial charge on any atom is -0.508 e. The second-order valence-electron chi connectivity index (χ2n) is 5.02. The highest BCUT2D eigenvalue weighted by atomic mass is 16.5. The number of hydrogen-bond donors (Lipinski definition) is 4. The highest BCUT2D eigenvalue weighted by molar-refractivity contribution is 6.01. The van der Waals surface area contributed by atoms with Crippen LogP contribution in [0.3, 0.4) is 0 Å². The van der Waals surface area contributed by atoms with E-state index in [1.54, 1.807) is 20.1 Å². The normalized spacial score (nSPS) is 11.0. The highest BCUT2D eigenvalue weighted by Crippen LogP contribution is 2.23. The van der Waals surface area contributed by atoms with E-state index in [4.69, 9.17) is 4.74 Å². The lowest BCUT2D eigenvalue weighted by molar-refractivity contribution is -0.119. The molecule has 0 fully saturated rings. The van der Waals surface area contributed by atoms with Crippen molar-refractivity contribution >= 4 is 17.3 Å². The molecule has 0 saturated heterocycles. The average molecular weight is 329 g/mol. The maximum atomic E-state index is 11.8. The zero-order valence-electron chi connectivity index (χ0n) is 13.4. The van der Waals surface area contributed by atoms with Crippen LogP contribution in [-0.2, 0) is 4.79 Å². The molecule has 0 aliphatic rings. The third-order valence-electron chi connectivity index (χ3n) is 3.24. The Morgan fingerprint density at radius 1 is 1.21 bits per heavy atom. The van der Waals surface area contributed by atoms with E-state index >= 15 is 0 Å². The number of carbonyl (C=O) groups excluding carboxylic acids is 1. The van der Waals surface area contributed by atoms with E-state index in [2.05, 4.69) is 15.8 Å². The van der Waals surface area contributed by atoms with Gasteiger partial charge in [-0.2, -0.15) is 5.10 Å². The fraction of sp³-hybridized carbons (Fsp3) is 0.176. The van der Waals surface area contributed by atoms with Crippen molar-refractivity contribution < 1.29 is 19.7 Å². The molecule has 0 bridgehead atoms. The summed E-state index contributed by atoms with van der Waals surface area (Å²) in [6.07, 6.45) is 0. The molecule has 2 aromatic carbocycles. The number of rotatable bonds is 6. The van der Waals surface area contributed by atoms with Gasteiger partial charge in [-0.3, -0.25) is 4.79 Å². The Bertz CT molecular complexity index is 759. The van der Waals surface area contributed by atoms with Gasteiger partial charge in [0.15, 0.2) is 0 Å². The Kier molecular flexibility index (Phi) is 5.62. The molecule has 0 saturated carbocycles. The van der Waals surface area contributed by atoms with Gasteiger partial charge in [-0.25, -0.2) is 5.43 Å². The summed E-state index contributed by atoms with van der Waals surface area (Å²) >= 11 is 0. The molecule has 2 aromatic rings. The van der Waals surface area contributed by atoms with Crippen molar-refractivity contribution in [1.29, 1.82) is 0 Å². The summed E-state index contributed by atoms with van der Waals surface area (Å²) in [5.41, 5.74) is 4.00. The Labute approximate surface area is 139 Å². The quantitative estimate of drug-likeness (QED) is 0.480. The monoisotopic (exact) mass is 329 g/mol. The van der Waals surface area contributed by atoms with Crippen LogP contribution in [0.25, 0.3) is 0 Å². The number of nitrogens with zero attached hydrogens (tertiary/aromatic N) is 1. The van der Waals surface area contributed by atoms with E-state index in [1.165, 1.54) is 18.2 Å². The third-order valence-corrected chi connectivity index (χ3v) is 3.24. The molecule has 0 aliphatic carbocycles. The van der Waals surface area contributed by atoms with Crippen molar-refractivity contribution in [2.45, 2.75) is 6.92 Å². The molecule has 0 unspecified atom stereocenters. The number of hydrogen-bond acceptors (Lipinski definition) is 6. The topological polar surface area (TPSA) is 103 Å². The summed E-state index contributed by atoms with van der Waals surface area (Å²) in [5.74, 6) is 0.197. The van der Waals surface area contributed by atoms with Crippen molar-refractivity contribution in [3.63, 3.8) is 0 Å². The van der Waals surface area contributed by atoms with Crippen molar-refractivity contribution in [2.24, 2.45) is 5.10 Å². The van der Waals surface area contributed by atoms with Gasteiger partial charge in [0.25, 0.3) is 5.91 Å². The van der Waals surface area contributed by atoms with Gasteiger partial charge in [0.1, 0.15) is 17.2 Å². The minimum absolute atomic E-state index is 0.0332. The molecule has 7 nitrogen and oxygen atoms in total. The molecule has 0 aromatic heterocycles. The van der Waals surface area contributed by atoms with E-state index in [-0.39, 0.29) is 24.0 Å². The minimum atomic E-state index is -0.338. The first kappa shape index (κ1) is 17.1. The molecular weight excluding hydrogens is 310 g/mol. The van der Waals surface area contributed by atoms with Gasteiger partial charge in [0.05, 0.1) is 19.4 Å². The van der Waals surface area contributed by atoms with Crippen LogP contribution < -0.4 is 15.5 Å². The molecule has 0 radical (unpaired) electrons. The maximum absolute atomic E-state index is 11.8. The van der Waals surface area contributed by atoms with Gasteiger partial charge in [-0.15, -0.1) is 0 Å². The van der Waals surface area contributed by atoms with Crippen LogP contribution in [0.4, 0.5) is 5.69 Å². The van der Waals surface area contributed by atoms with Crippen LogP contribution in [-0.4, -0.2) is 35.5 Å². The molecule has 4 N–H and O–H groups in total. The summed E-state index contributed by atoms with van der Waals surface area (Å²) < 4.78 is 5.11. The summed E-state index contributed by atoms with van der Waals surface area (Å²) in [5, 5.41) is 25.9. The Balaban J connectivity index is 1.92. The van der Waals surface area contributed by atoms with Crippen molar-refractivity contribution in [1.82, 2.24) is 5.43 Å². The second-order valence-corrected chi connectivity index (χ2v) is 5.02. The summed E-state index contributed by atoms with van der Waals surface area (Å²) in [4.78, 5) is 11.8. The Morgan fingerprint density at radius 2 is 2.00 bits per heavy atom. The molecule has 0 heterocycles. The largest absolute Gasteiger partial charge is 0.508 e. The van der Waals surface area contributed by atoms with Crippen molar-refractivity contribution in [2.75, 3.05) is 19.0 Å². The summed E-state index contributed by atoms with van der Waals surface area (Å²) in [7, 11) is 1.57. The second kappa shape index (κ2) is 7.87. The van der Waals surface area contributed by atoms with E-state index in [9.17, 15) is 15.0 Å². The van der Waals surface area contributed by atoms with Crippen LogP contribution in [0.5, 0.6) is 17.2 Å². The van der Waals surface area contributed by atoms with Crippen LogP contribution in [0.2, 0.25) is 0 Å². The summed E-state index contributed by atoms with van der Waals surface area (Å²) in [6, 6.07) is 11.4. The molecule has 0 aliphatic heterocycles. The lowest BCUT2D eigenvalue weighted by Gasteiger charge is -2.08. The van der Waals surface area contributed by atoms with Gasteiger partial charge in [0.2, 0.25) is 0 Å². The smallest absolute Gasteiger partial charge is 0.259 e. The van der Waals surface area contributed by atoms with Crippen LogP contribution in [0, 0.1) is 0 Å². The number of nitrogens with one attached hydrogen (secondary N) is 2. The molecule has 24 heavy (non-hydrogen) atoms. The van der Waals surface area contributed by atoms with Crippen LogP contribution in [0.15, 0.2) is 47.6 Å². The molecule has 1 amide bonds. The predicted molar refractivity (Wildman–Crippen MR) is 91.6 cm³/mol. The SMILES string of the molecule is COc1cccc(NCC(=O)N/N=C(\C)c2ccc(O)cc2O)c1. The van der Waals surface area contributed by atoms with Gasteiger partial charge in [0, 0.05) is 23.4 Å². The Morgan fingerprint density at radius 3 is 2.71 bits per heavy atom. The molecule has 0 spiro atoms. The number of methoxy groups -OCH3 is 1. The van der Waals surface area contributed by atoms with E-state index in [1.807, 2.05) is 18.2 Å². The highest BCUT2D eigenvalue weighted by Gasteiger charge is 2.07. The molecule has 2 rings (SSSR count). The van der Waals surface area contributed by atoms with Crippen molar-refractivity contribution in [3.05, 3.63) is 48.0 Å². The average Bonchev–Trinajstić information content (AvgIpc) is 2.58. The van der Waals surface area contributed by atoms with Crippen molar-refractivity contribution in [3.8, 4) is 17.2 Å². The van der Waals surface area contributed by atoms with Crippen LogP contribution >= 0.6 is 0 Å². The number of phenols is 2. The number of carbonyl (C=O) groups is 1. The van der Waals surface area contributed by atoms with E-state index in [0.29, 0.717) is 17.0 Å². The fourth-order valence-electron chi connectivity index (χ4n) is 1.99. The first-order valence-electron chi connectivity index (χ1n) is 7.23. The summed E-state index contributed by atoms with van der Waals surface area (Å²) in [6.45, 7) is 1.67. The zero-order chi connectivity index (χ0) is 17.5. The van der Waals surface area contributed by atoms with Gasteiger partial charge in [-0.1, -0.05) is 6.07 Å². The number of anilines is 1. The first-order valence-corrected chi connectivity index (χ1v) is 7.23. The lowest BCUT2D eigenvalue weighted by Crippen LogP contribution is -2.26. The third kappa shape index (κ3) is 4.64. The van der Waals surface area contributed by atoms with Gasteiger partial charge >= 0.3 is 0 Å². The number of benzene rings is 2. The molecular formula is C17H19N3O4. The zero-order valence-corrected chi connectivity index (χ0v) is 13.4. The standard InChI is InChI=1S/C17H19N3O4/c1-11(15-7-6-13(21)9-16(15)22)19-20-17(23)10-18-12-4-3-5-14(8-12)24-2/h3-9,18,21-22H,10H2,1-2H3,(H,20,23)/b19-11+. The molecule has 126 valence electrons. The van der Waals surface area contributed by atoms with Crippen LogP contribution in [0.1, 0.15) is 12.5 Å². The first-order chi connectivity index (χ1) is 11.5. The number of phenolic OH excluding ortho intramolecular Hbond substituents is 2. The number of ether oxygens (including phenoxy) is 1. The number of amides is 1.